The quantitative estimate of drug-likeness (QED) is 0.107. The van der Waals surface area contributed by atoms with Crippen molar-refractivity contribution in [1.82, 2.24) is 29.6 Å². The van der Waals surface area contributed by atoms with Gasteiger partial charge in [0.05, 0.1) is 13.2 Å². The summed E-state index contributed by atoms with van der Waals surface area (Å²) in [6.45, 7) is 15.0. The van der Waals surface area contributed by atoms with Gasteiger partial charge in [0.2, 0.25) is 11.8 Å². The van der Waals surface area contributed by atoms with Crippen molar-refractivity contribution in [1.29, 1.82) is 0 Å². The van der Waals surface area contributed by atoms with Crippen LogP contribution in [0.2, 0.25) is 0 Å². The van der Waals surface area contributed by atoms with Gasteiger partial charge in [-0.15, -0.1) is 0 Å². The predicted molar refractivity (Wildman–Crippen MR) is 271 cm³/mol. The van der Waals surface area contributed by atoms with Gasteiger partial charge in [-0.3, -0.25) is 9.59 Å². The zero-order valence-electron chi connectivity index (χ0n) is 42.4. The lowest BCUT2D eigenvalue weighted by molar-refractivity contribution is -0.136. The fraction of sp³-hybridized carbons (Fsp3) is 0.643. The summed E-state index contributed by atoms with van der Waals surface area (Å²) in [5, 5.41) is 8.47. The Morgan fingerprint density at radius 1 is 0.551 bits per heavy atom. The van der Waals surface area contributed by atoms with E-state index in [0.717, 1.165) is 101 Å². The molecular weight excluding hydrogens is 869 g/mol. The van der Waals surface area contributed by atoms with Gasteiger partial charge in [0, 0.05) is 72.5 Å². The van der Waals surface area contributed by atoms with Gasteiger partial charge in [0.15, 0.2) is 0 Å². The molecule has 4 heterocycles. The summed E-state index contributed by atoms with van der Waals surface area (Å²) in [4.78, 5) is 59.1. The molecule has 2 N–H and O–H groups in total. The van der Waals surface area contributed by atoms with E-state index in [2.05, 4.69) is 80.7 Å². The number of carbonyl (C=O) groups excluding carboxylic acids is 4. The van der Waals surface area contributed by atoms with Gasteiger partial charge in [0.25, 0.3) is 0 Å². The zero-order chi connectivity index (χ0) is 48.7. The van der Waals surface area contributed by atoms with Crippen molar-refractivity contribution in [3.8, 4) is 0 Å². The monoisotopic (exact) mass is 949 g/mol. The smallest absolute Gasteiger partial charge is 0.408 e. The van der Waals surface area contributed by atoms with E-state index in [1.54, 1.807) is 0 Å². The lowest BCUT2D eigenvalue weighted by Gasteiger charge is -2.35. The Bertz CT molecular complexity index is 2220. The number of carbonyl (C=O) groups is 4. The normalized spacial score (nSPS) is 20.6. The predicted octanol–water partition coefficient (Wildman–Crippen LogP) is 10.3. The Kier molecular flexibility index (Phi) is 16.3. The van der Waals surface area contributed by atoms with Crippen LogP contribution in [0.3, 0.4) is 0 Å². The first-order valence-electron chi connectivity index (χ1n) is 26.4. The fourth-order valence-electron chi connectivity index (χ4n) is 11.9. The molecule has 69 heavy (non-hydrogen) atoms. The minimum atomic E-state index is -0.644. The average Bonchev–Trinajstić information content (AvgIpc) is 4.13. The first-order chi connectivity index (χ1) is 33.1. The second-order valence-electron chi connectivity index (χ2n) is 22.4. The number of para-hydroxylation sites is 2. The van der Waals surface area contributed by atoms with Crippen molar-refractivity contribution in [3.63, 3.8) is 0 Å². The molecule has 4 aliphatic rings. The number of nitrogens with one attached hydrogen (secondary N) is 2. The lowest BCUT2D eigenvalue weighted by atomic mass is 9.83. The number of rotatable bonds is 16. The number of alkyl carbamates (subject to hydrolysis) is 2. The second kappa shape index (κ2) is 22.4. The molecular formula is C56H80N6O7. The number of hydrogen-bond acceptors (Lipinski definition) is 7. The van der Waals surface area contributed by atoms with Gasteiger partial charge >= 0.3 is 12.2 Å². The first-order valence-corrected chi connectivity index (χ1v) is 26.4. The molecule has 4 fully saturated rings. The van der Waals surface area contributed by atoms with E-state index in [1.165, 1.54) is 34.7 Å². The molecule has 2 saturated carbocycles. The van der Waals surface area contributed by atoms with Crippen LogP contribution in [0.4, 0.5) is 9.59 Å². The van der Waals surface area contributed by atoms with Crippen LogP contribution in [0.15, 0.2) is 60.9 Å². The number of amides is 4. The molecule has 4 atom stereocenters. The van der Waals surface area contributed by atoms with Gasteiger partial charge in [-0.2, -0.15) is 0 Å². The number of nitrogens with zero attached hydrogens (tertiary/aromatic N) is 4. The average molecular weight is 949 g/mol. The van der Waals surface area contributed by atoms with Crippen LogP contribution in [-0.4, -0.2) is 105 Å². The van der Waals surface area contributed by atoms with Crippen molar-refractivity contribution in [2.75, 3.05) is 26.3 Å². The molecule has 2 aromatic heterocycles. The van der Waals surface area contributed by atoms with E-state index in [4.69, 9.17) is 14.2 Å². The topological polar surface area (TPSA) is 136 Å². The molecule has 0 radical (unpaired) electrons. The van der Waals surface area contributed by atoms with Crippen LogP contribution in [0, 0.1) is 11.8 Å². The largest absolute Gasteiger partial charge is 0.444 e. The minimum Gasteiger partial charge on any atom is -0.444 e. The van der Waals surface area contributed by atoms with Crippen LogP contribution in [-0.2, 0) is 49.7 Å². The number of likely N-dealkylation sites (tertiary alicyclic amines) is 2. The van der Waals surface area contributed by atoms with Gasteiger partial charge in [0.1, 0.15) is 23.3 Å². The molecule has 2 aromatic carbocycles. The number of aromatic nitrogens is 2. The van der Waals surface area contributed by atoms with Crippen LogP contribution < -0.4 is 10.6 Å². The van der Waals surface area contributed by atoms with Crippen LogP contribution in [0.1, 0.15) is 143 Å². The second-order valence-corrected chi connectivity index (χ2v) is 22.4. The highest BCUT2D eigenvalue weighted by Crippen LogP contribution is 2.34. The summed E-state index contributed by atoms with van der Waals surface area (Å²) in [5.74, 6) is 0.277. The summed E-state index contributed by atoms with van der Waals surface area (Å²) in [7, 11) is 0. The number of fused-ring (bicyclic) bond motifs is 2. The minimum absolute atomic E-state index is 0.0262. The van der Waals surface area contributed by atoms with E-state index in [0.29, 0.717) is 39.4 Å². The van der Waals surface area contributed by atoms with E-state index in [-0.39, 0.29) is 35.7 Å². The summed E-state index contributed by atoms with van der Waals surface area (Å²) in [6.07, 6.45) is 19.1. The van der Waals surface area contributed by atoms with Gasteiger partial charge in [-0.05, 0) is 141 Å². The molecule has 8 rings (SSSR count). The Morgan fingerprint density at radius 3 is 1.33 bits per heavy atom. The summed E-state index contributed by atoms with van der Waals surface area (Å²) in [5.41, 5.74) is 3.48. The van der Waals surface area contributed by atoms with Crippen molar-refractivity contribution in [3.05, 3.63) is 72.1 Å². The van der Waals surface area contributed by atoms with Gasteiger partial charge < -0.3 is 43.8 Å². The molecule has 2 aliphatic carbocycles. The van der Waals surface area contributed by atoms with Gasteiger partial charge in [-0.1, -0.05) is 74.9 Å². The van der Waals surface area contributed by atoms with E-state index < -0.39 is 35.5 Å². The molecule has 0 bridgehead atoms. The molecule has 13 heteroatoms. The number of ether oxygens (including phenoxy) is 3. The van der Waals surface area contributed by atoms with Crippen molar-refractivity contribution >= 4 is 45.8 Å². The Labute approximate surface area is 410 Å². The maximum absolute atomic E-state index is 14.4. The molecule has 2 saturated heterocycles. The molecule has 4 aromatic rings. The fourth-order valence-corrected chi connectivity index (χ4v) is 11.9. The number of benzene rings is 2. The summed E-state index contributed by atoms with van der Waals surface area (Å²) >= 11 is 0. The summed E-state index contributed by atoms with van der Waals surface area (Å²) < 4.78 is 22.3. The highest BCUT2D eigenvalue weighted by Gasteiger charge is 2.41. The third-order valence-electron chi connectivity index (χ3n) is 15.0. The highest BCUT2D eigenvalue weighted by atomic mass is 16.6. The molecule has 0 unspecified atom stereocenters. The van der Waals surface area contributed by atoms with Gasteiger partial charge in [-0.25, -0.2) is 9.59 Å². The molecule has 2 aliphatic heterocycles. The van der Waals surface area contributed by atoms with E-state index in [9.17, 15) is 19.2 Å². The van der Waals surface area contributed by atoms with Crippen molar-refractivity contribution in [2.24, 2.45) is 11.8 Å². The Balaban J connectivity index is 0.888. The third kappa shape index (κ3) is 12.8. The zero-order valence-corrected chi connectivity index (χ0v) is 42.4. The van der Waals surface area contributed by atoms with Crippen LogP contribution in [0.5, 0.6) is 0 Å². The summed E-state index contributed by atoms with van der Waals surface area (Å²) in [6, 6.07) is 16.0. The third-order valence-corrected chi connectivity index (χ3v) is 15.0. The van der Waals surface area contributed by atoms with Crippen LogP contribution >= 0.6 is 0 Å². The van der Waals surface area contributed by atoms with E-state index >= 15 is 0 Å². The van der Waals surface area contributed by atoms with E-state index in [1.807, 2.05) is 51.3 Å². The maximum Gasteiger partial charge on any atom is 0.408 e. The van der Waals surface area contributed by atoms with Crippen LogP contribution in [0.25, 0.3) is 21.8 Å². The standard InChI is InChI=1S/C56H80N6O7/c1-55(2,3)68-53(65)57-49(39-19-9-7-10-20-39)51(63)61-29-17-23-43(61)35-41-37-59(47-27-15-13-25-45(41)47)31-33-67-34-32-60-38-42(46-26-14-16-28-48(46)60)36-44-24-18-30-62(44)52(64)50(40-21-11-8-12-22-40)58-54(66)69-56(4,5)6/h13-16,25-28,37-40,43-44,49-50H,7-12,17-24,29-36H2,1-6H3,(H,57,65)(H,58,66)/t43-,44-,49-,50-/m0/s1. The highest BCUT2D eigenvalue weighted by molar-refractivity contribution is 5.88. The number of hydrogen-bond donors (Lipinski definition) is 2. The molecule has 0 spiro atoms. The Hall–Kier alpha value is -5.04. The Morgan fingerprint density at radius 2 is 0.942 bits per heavy atom. The lowest BCUT2D eigenvalue weighted by Crippen LogP contribution is -2.54. The molecule has 13 nitrogen and oxygen atoms in total. The first kappa shape index (κ1) is 50.4. The van der Waals surface area contributed by atoms with Crippen molar-refractivity contribution < 1.29 is 33.4 Å². The van der Waals surface area contributed by atoms with Crippen molar-refractivity contribution in [2.45, 2.75) is 193 Å². The molecule has 376 valence electrons. The molecule has 4 amide bonds. The SMILES string of the molecule is CC(C)(C)OC(=O)N[C@H](C(=O)N1CCC[C@H]1Cc1cn(CCOCCn2cc(C[C@@H]3CCCN3C(=O)[C@@H](NC(=O)OC(C)(C)C)C3CCCCC3)c3ccccc32)c2ccccc12)C1CCCCC1. The maximum atomic E-state index is 14.4.